The monoisotopic (exact) mass is 215 g/mol. The molecule has 0 bridgehead atoms. The lowest BCUT2D eigenvalue weighted by Crippen LogP contribution is -2.45. The first-order chi connectivity index (χ1) is 6.46. The molecule has 0 saturated carbocycles. The van der Waals surface area contributed by atoms with Crippen LogP contribution in [0.15, 0.2) is 0 Å². The summed E-state index contributed by atoms with van der Waals surface area (Å²) in [5, 5.41) is 0. The SMILES string of the molecule is CC(C)(CS)CN1C(=O)CCCC1=O. The van der Waals surface area contributed by atoms with Crippen LogP contribution in [0.25, 0.3) is 0 Å². The minimum absolute atomic E-state index is 0.0314. The number of hydrogen-bond acceptors (Lipinski definition) is 3. The van der Waals surface area contributed by atoms with Crippen LogP contribution in [0.3, 0.4) is 0 Å². The van der Waals surface area contributed by atoms with Gasteiger partial charge in [-0.05, 0) is 17.6 Å². The lowest BCUT2D eigenvalue weighted by atomic mass is 9.94. The quantitative estimate of drug-likeness (QED) is 0.572. The fourth-order valence-electron chi connectivity index (χ4n) is 1.45. The van der Waals surface area contributed by atoms with Crippen molar-refractivity contribution in [3.05, 3.63) is 0 Å². The number of nitrogens with zero attached hydrogens (tertiary/aromatic N) is 1. The minimum atomic E-state index is -0.0915. The van der Waals surface area contributed by atoms with Crippen LogP contribution in [0.1, 0.15) is 33.1 Å². The standard InChI is InChI=1S/C10H17NO2S/c1-10(2,7-14)6-11-8(12)4-3-5-9(11)13/h14H,3-7H2,1-2H3. The number of amides is 2. The van der Waals surface area contributed by atoms with Gasteiger partial charge in [0.05, 0.1) is 0 Å². The van der Waals surface area contributed by atoms with Gasteiger partial charge in [-0.3, -0.25) is 14.5 Å². The molecule has 1 aliphatic rings. The summed E-state index contributed by atoms with van der Waals surface area (Å²) in [5.74, 6) is 0.608. The molecule has 4 heteroatoms. The third-order valence-corrected chi connectivity index (χ3v) is 3.25. The van der Waals surface area contributed by atoms with E-state index >= 15 is 0 Å². The van der Waals surface area contributed by atoms with E-state index < -0.39 is 0 Å². The molecule has 0 radical (unpaired) electrons. The van der Waals surface area contributed by atoms with Gasteiger partial charge in [-0.2, -0.15) is 12.6 Å². The van der Waals surface area contributed by atoms with Crippen molar-refractivity contribution in [3.8, 4) is 0 Å². The summed E-state index contributed by atoms with van der Waals surface area (Å²) in [6, 6.07) is 0. The highest BCUT2D eigenvalue weighted by atomic mass is 32.1. The topological polar surface area (TPSA) is 37.4 Å². The predicted octanol–water partition coefficient (Wildman–Crippen LogP) is 1.48. The fourth-order valence-corrected chi connectivity index (χ4v) is 1.55. The van der Waals surface area contributed by atoms with Crippen LogP contribution < -0.4 is 0 Å². The van der Waals surface area contributed by atoms with E-state index in [1.165, 1.54) is 4.90 Å². The second-order valence-electron chi connectivity index (χ2n) is 4.55. The third kappa shape index (κ3) is 2.74. The first kappa shape index (κ1) is 11.6. The van der Waals surface area contributed by atoms with Gasteiger partial charge in [0.15, 0.2) is 0 Å². The first-order valence-corrected chi connectivity index (χ1v) is 5.53. The average Bonchev–Trinajstić information content (AvgIpc) is 2.12. The molecule has 1 saturated heterocycles. The second-order valence-corrected chi connectivity index (χ2v) is 4.87. The van der Waals surface area contributed by atoms with Crippen LogP contribution in [0, 0.1) is 5.41 Å². The van der Waals surface area contributed by atoms with Crippen molar-refractivity contribution in [1.29, 1.82) is 0 Å². The molecule has 1 fully saturated rings. The van der Waals surface area contributed by atoms with Crippen molar-refractivity contribution in [1.82, 2.24) is 4.90 Å². The van der Waals surface area contributed by atoms with E-state index in [9.17, 15) is 9.59 Å². The minimum Gasteiger partial charge on any atom is -0.282 e. The van der Waals surface area contributed by atoms with Gasteiger partial charge >= 0.3 is 0 Å². The molecule has 0 aromatic carbocycles. The molecule has 0 unspecified atom stereocenters. The third-order valence-electron chi connectivity index (χ3n) is 2.40. The zero-order chi connectivity index (χ0) is 10.8. The number of carbonyl (C=O) groups is 2. The highest BCUT2D eigenvalue weighted by Crippen LogP contribution is 2.22. The molecule has 0 spiro atoms. The Morgan fingerprint density at radius 2 is 1.79 bits per heavy atom. The Morgan fingerprint density at radius 3 is 2.21 bits per heavy atom. The molecule has 0 N–H and O–H groups in total. The summed E-state index contributed by atoms with van der Waals surface area (Å²) < 4.78 is 0. The van der Waals surface area contributed by atoms with E-state index in [4.69, 9.17) is 0 Å². The van der Waals surface area contributed by atoms with E-state index in [1.54, 1.807) is 0 Å². The van der Waals surface area contributed by atoms with Gasteiger partial charge in [-0.15, -0.1) is 0 Å². The number of rotatable bonds is 3. The van der Waals surface area contributed by atoms with Crippen molar-refractivity contribution in [2.24, 2.45) is 5.41 Å². The van der Waals surface area contributed by atoms with Crippen LogP contribution in [-0.4, -0.2) is 29.0 Å². The molecule has 1 heterocycles. The summed E-state index contributed by atoms with van der Waals surface area (Å²) in [6.45, 7) is 4.51. The number of hydrogen-bond donors (Lipinski definition) is 1. The lowest BCUT2D eigenvalue weighted by molar-refractivity contribution is -0.149. The molecule has 14 heavy (non-hydrogen) atoms. The maximum atomic E-state index is 11.5. The Kier molecular flexibility index (Phi) is 3.59. The van der Waals surface area contributed by atoms with Crippen LogP contribution in [0.5, 0.6) is 0 Å². The van der Waals surface area contributed by atoms with Gasteiger partial charge < -0.3 is 0 Å². The highest BCUT2D eigenvalue weighted by molar-refractivity contribution is 7.80. The zero-order valence-corrected chi connectivity index (χ0v) is 9.64. The van der Waals surface area contributed by atoms with Crippen LogP contribution in [0.2, 0.25) is 0 Å². The van der Waals surface area contributed by atoms with Gasteiger partial charge in [0, 0.05) is 19.4 Å². The molecule has 80 valence electrons. The molecule has 0 atom stereocenters. The van der Waals surface area contributed by atoms with Crippen LogP contribution >= 0.6 is 12.6 Å². The van der Waals surface area contributed by atoms with E-state index in [2.05, 4.69) is 12.6 Å². The van der Waals surface area contributed by atoms with Crippen molar-refractivity contribution < 1.29 is 9.59 Å². The summed E-state index contributed by atoms with van der Waals surface area (Å²) >= 11 is 4.21. The van der Waals surface area contributed by atoms with Crippen molar-refractivity contribution in [3.63, 3.8) is 0 Å². The Bertz CT molecular complexity index is 235. The van der Waals surface area contributed by atoms with E-state index in [1.807, 2.05) is 13.8 Å². The number of likely N-dealkylation sites (tertiary alicyclic amines) is 1. The number of thiol groups is 1. The zero-order valence-electron chi connectivity index (χ0n) is 8.75. The molecule has 3 nitrogen and oxygen atoms in total. The molecular formula is C10H17NO2S. The maximum Gasteiger partial charge on any atom is 0.229 e. The van der Waals surface area contributed by atoms with Crippen molar-refractivity contribution in [2.45, 2.75) is 33.1 Å². The largest absolute Gasteiger partial charge is 0.282 e. The predicted molar refractivity (Wildman–Crippen MR) is 58.2 cm³/mol. The number of piperidine rings is 1. The Morgan fingerprint density at radius 1 is 1.29 bits per heavy atom. The summed E-state index contributed by atoms with van der Waals surface area (Å²) in [6.07, 6.45) is 1.72. The van der Waals surface area contributed by atoms with Crippen LogP contribution in [0.4, 0.5) is 0 Å². The van der Waals surface area contributed by atoms with Gasteiger partial charge in [-0.25, -0.2) is 0 Å². The number of carbonyl (C=O) groups excluding carboxylic acids is 2. The Hall–Kier alpha value is -0.510. The normalized spacial score (nSPS) is 18.9. The Balaban J connectivity index is 2.65. The molecule has 0 aliphatic carbocycles. The molecule has 0 aromatic rings. The molecule has 1 rings (SSSR count). The van der Waals surface area contributed by atoms with Crippen molar-refractivity contribution >= 4 is 24.4 Å². The van der Waals surface area contributed by atoms with E-state index in [0.717, 1.165) is 0 Å². The second kappa shape index (κ2) is 4.34. The number of imide groups is 1. The summed E-state index contributed by atoms with van der Waals surface area (Å²) in [4.78, 5) is 24.3. The molecular weight excluding hydrogens is 198 g/mol. The van der Waals surface area contributed by atoms with Crippen LogP contribution in [-0.2, 0) is 9.59 Å². The molecule has 1 aliphatic heterocycles. The lowest BCUT2D eigenvalue weighted by Gasteiger charge is -2.32. The fraction of sp³-hybridized carbons (Fsp3) is 0.800. The van der Waals surface area contributed by atoms with Gasteiger partial charge in [0.1, 0.15) is 0 Å². The smallest absolute Gasteiger partial charge is 0.229 e. The molecule has 2 amide bonds. The van der Waals surface area contributed by atoms with E-state index in [0.29, 0.717) is 31.6 Å². The van der Waals surface area contributed by atoms with E-state index in [-0.39, 0.29) is 17.2 Å². The molecule has 0 aromatic heterocycles. The Labute approximate surface area is 90.3 Å². The van der Waals surface area contributed by atoms with Gasteiger partial charge in [0.2, 0.25) is 11.8 Å². The maximum absolute atomic E-state index is 11.5. The van der Waals surface area contributed by atoms with Crippen molar-refractivity contribution in [2.75, 3.05) is 12.3 Å². The highest BCUT2D eigenvalue weighted by Gasteiger charge is 2.30. The summed E-state index contributed by atoms with van der Waals surface area (Å²) in [7, 11) is 0. The first-order valence-electron chi connectivity index (χ1n) is 4.90. The van der Waals surface area contributed by atoms with Gasteiger partial charge in [0.25, 0.3) is 0 Å². The summed E-state index contributed by atoms with van der Waals surface area (Å²) in [5.41, 5.74) is -0.0915. The average molecular weight is 215 g/mol. The van der Waals surface area contributed by atoms with Gasteiger partial charge in [-0.1, -0.05) is 13.8 Å².